The zero-order chi connectivity index (χ0) is 23.9. The number of aliphatic hydroxyl groups is 1. The van der Waals surface area contributed by atoms with E-state index in [2.05, 4.69) is 18.4 Å². The van der Waals surface area contributed by atoms with Crippen molar-refractivity contribution >= 4 is 5.78 Å². The molecule has 0 aromatic rings. The predicted octanol–water partition coefficient (Wildman–Crippen LogP) is 4.12. The van der Waals surface area contributed by atoms with Crippen molar-refractivity contribution in [3.63, 3.8) is 0 Å². The molecule has 6 rings (SSSR count). The van der Waals surface area contributed by atoms with E-state index >= 15 is 4.39 Å². The number of carbonyl (C=O) groups excluding carboxylic acids is 1. The van der Waals surface area contributed by atoms with Crippen molar-refractivity contribution in [1.82, 2.24) is 4.90 Å². The van der Waals surface area contributed by atoms with Crippen LogP contribution in [0.3, 0.4) is 0 Å². The largest absolute Gasteiger partial charge is 0.390 e. The van der Waals surface area contributed by atoms with Crippen LogP contribution in [0.25, 0.3) is 0 Å². The van der Waals surface area contributed by atoms with E-state index in [0.29, 0.717) is 19.4 Å². The second kappa shape index (κ2) is 7.58. The Kier molecular flexibility index (Phi) is 5.15. The normalized spacial score (nSPS) is 50.2. The van der Waals surface area contributed by atoms with Crippen molar-refractivity contribution in [3.05, 3.63) is 36.0 Å². The number of likely N-dealkylation sites (tertiary alicyclic amines) is 1. The summed E-state index contributed by atoms with van der Waals surface area (Å²) >= 11 is 0. The van der Waals surface area contributed by atoms with Gasteiger partial charge in [-0.1, -0.05) is 43.7 Å². The lowest BCUT2D eigenvalue weighted by molar-refractivity contribution is -0.221. The van der Waals surface area contributed by atoms with Gasteiger partial charge in [0, 0.05) is 16.7 Å². The molecule has 4 aliphatic carbocycles. The molecule has 1 N–H and O–H groups in total. The lowest BCUT2D eigenvalue weighted by Crippen LogP contribution is -2.70. The summed E-state index contributed by atoms with van der Waals surface area (Å²) in [4.78, 5) is 16.2. The molecule has 0 aromatic carbocycles. The molecule has 2 heterocycles. The van der Waals surface area contributed by atoms with Gasteiger partial charge < -0.3 is 14.6 Å². The molecule has 0 aromatic heterocycles. The lowest BCUT2D eigenvalue weighted by Gasteiger charge is -2.62. The Morgan fingerprint density at radius 3 is 2.79 bits per heavy atom. The van der Waals surface area contributed by atoms with Crippen molar-refractivity contribution in [2.75, 3.05) is 26.4 Å². The number of carbonyl (C=O) groups is 1. The molecule has 186 valence electrons. The number of aliphatic hydroxyl groups excluding tert-OH is 1. The van der Waals surface area contributed by atoms with Gasteiger partial charge in [0.25, 0.3) is 0 Å². The van der Waals surface area contributed by atoms with Gasteiger partial charge in [0.05, 0.1) is 18.8 Å². The maximum Gasteiger partial charge on any atom is 0.181 e. The molecule has 6 heteroatoms. The molecule has 0 bridgehead atoms. The van der Waals surface area contributed by atoms with Crippen molar-refractivity contribution in [3.8, 4) is 0 Å². The molecule has 6 aliphatic rings. The van der Waals surface area contributed by atoms with Crippen molar-refractivity contribution in [2.45, 2.75) is 82.3 Å². The highest BCUT2D eigenvalue weighted by Gasteiger charge is 2.78. The molecule has 34 heavy (non-hydrogen) atoms. The summed E-state index contributed by atoms with van der Waals surface area (Å²) in [5, 5.41) is 11.6. The van der Waals surface area contributed by atoms with Crippen LogP contribution < -0.4 is 0 Å². The second-order valence-corrected chi connectivity index (χ2v) is 12.1. The van der Waals surface area contributed by atoms with Gasteiger partial charge in [0.2, 0.25) is 0 Å². The number of hydrogen-bond acceptors (Lipinski definition) is 5. The Hall–Kier alpha value is -1.34. The minimum absolute atomic E-state index is 0.0527. The number of hydrogen-bond donors (Lipinski definition) is 1. The number of allylic oxidation sites excluding steroid dienone is 5. The number of piperidine rings is 1. The highest BCUT2D eigenvalue weighted by Crippen LogP contribution is 2.71. The summed E-state index contributed by atoms with van der Waals surface area (Å²) in [7, 11) is 0. The number of ketones is 1. The van der Waals surface area contributed by atoms with Crippen molar-refractivity contribution < 1.29 is 23.8 Å². The summed E-state index contributed by atoms with van der Waals surface area (Å²) in [6.07, 6.45) is 9.91. The number of ether oxygens (including phenoxy) is 2. The van der Waals surface area contributed by atoms with E-state index in [1.165, 1.54) is 6.42 Å². The van der Waals surface area contributed by atoms with Crippen LogP contribution in [0.1, 0.15) is 58.8 Å². The fraction of sp³-hybridized carbons (Fsp3) is 0.750. The molecule has 2 aliphatic heterocycles. The van der Waals surface area contributed by atoms with Gasteiger partial charge in [-0.05, 0) is 70.0 Å². The van der Waals surface area contributed by atoms with Crippen LogP contribution >= 0.6 is 0 Å². The molecule has 2 saturated heterocycles. The fourth-order valence-electron chi connectivity index (χ4n) is 8.93. The fourth-order valence-corrected chi connectivity index (χ4v) is 8.93. The van der Waals surface area contributed by atoms with Gasteiger partial charge in [-0.2, -0.15) is 0 Å². The average Bonchev–Trinajstić information content (AvgIpc) is 3.34. The van der Waals surface area contributed by atoms with Crippen molar-refractivity contribution in [2.24, 2.45) is 22.7 Å². The van der Waals surface area contributed by atoms with Crippen LogP contribution in [0.4, 0.5) is 4.39 Å². The molecular formula is C28H38FNO4. The van der Waals surface area contributed by atoms with Crippen LogP contribution in [0.2, 0.25) is 0 Å². The quantitative estimate of drug-likeness (QED) is 0.671. The minimum Gasteiger partial charge on any atom is -0.390 e. The number of nitrogens with zero attached hydrogens (tertiary/aromatic N) is 1. The van der Waals surface area contributed by atoms with Gasteiger partial charge in [-0.15, -0.1) is 0 Å². The summed E-state index contributed by atoms with van der Waals surface area (Å²) < 4.78 is 29.7. The van der Waals surface area contributed by atoms with E-state index in [0.717, 1.165) is 43.5 Å². The zero-order valence-electron chi connectivity index (χ0n) is 20.5. The standard InChI is InChI=1S/C28H38FNO4/c1-18-9-10-25(2)19(13-18)7-8-20-21-14-24-28(34-17-33-24,23(32)16-30-11-5-4-6-12-30)26(21,3)15-22(31)27(20,25)29/h9-10,13,20-22,24,31H,1,4-8,11-12,14-17H2,2-3H3/t20?,21-,22?,24+,25?,26?,27-,28+/m0/s1. The van der Waals surface area contributed by atoms with Crippen molar-refractivity contribution in [1.29, 1.82) is 0 Å². The number of fused-ring (bicyclic) bond motifs is 7. The Morgan fingerprint density at radius 1 is 1.26 bits per heavy atom. The van der Waals surface area contributed by atoms with E-state index < -0.39 is 28.2 Å². The van der Waals surface area contributed by atoms with E-state index in [1.54, 1.807) is 0 Å². The third-order valence-electron chi connectivity index (χ3n) is 10.7. The summed E-state index contributed by atoms with van der Waals surface area (Å²) in [6, 6.07) is 0. The summed E-state index contributed by atoms with van der Waals surface area (Å²) in [6.45, 7) is 10.3. The molecular weight excluding hydrogens is 433 g/mol. The third kappa shape index (κ3) is 2.72. The summed E-state index contributed by atoms with van der Waals surface area (Å²) in [5.74, 6) is -0.401. The predicted molar refractivity (Wildman–Crippen MR) is 127 cm³/mol. The first-order valence-corrected chi connectivity index (χ1v) is 13.1. The van der Waals surface area contributed by atoms with E-state index in [4.69, 9.17) is 9.47 Å². The second-order valence-electron chi connectivity index (χ2n) is 12.1. The average molecular weight is 472 g/mol. The third-order valence-corrected chi connectivity index (χ3v) is 10.7. The molecule has 0 amide bonds. The van der Waals surface area contributed by atoms with Crippen LogP contribution in [0.15, 0.2) is 36.0 Å². The number of halogens is 1. The Balaban J connectivity index is 1.38. The SMILES string of the molecule is C=C1C=CC2(C)C(=C1)CCC1[C@@H]3C[C@H]4OCO[C@@]4(C(=O)CN4CCCCC4)C3(C)CC(O)[C@@]12F. The Morgan fingerprint density at radius 2 is 2.03 bits per heavy atom. The molecule has 3 saturated carbocycles. The number of alkyl halides is 1. The maximum atomic E-state index is 17.4. The van der Waals surface area contributed by atoms with Gasteiger partial charge >= 0.3 is 0 Å². The van der Waals surface area contributed by atoms with E-state index in [-0.39, 0.29) is 36.9 Å². The molecule has 4 unspecified atom stereocenters. The lowest BCUT2D eigenvalue weighted by atomic mass is 9.44. The highest BCUT2D eigenvalue weighted by molar-refractivity contribution is 5.92. The molecule has 0 spiro atoms. The van der Waals surface area contributed by atoms with Crippen LogP contribution in [-0.4, -0.2) is 65.7 Å². The number of Topliss-reactive ketones (excluding diaryl/α,β-unsaturated/α-hetero) is 1. The maximum absolute atomic E-state index is 17.4. The first kappa shape index (κ1) is 23.1. The minimum atomic E-state index is -1.80. The van der Waals surface area contributed by atoms with Gasteiger partial charge in [0.15, 0.2) is 17.1 Å². The Bertz CT molecular complexity index is 971. The monoisotopic (exact) mass is 471 g/mol. The van der Waals surface area contributed by atoms with Gasteiger partial charge in [0.1, 0.15) is 6.79 Å². The van der Waals surface area contributed by atoms with Crippen LogP contribution in [0, 0.1) is 22.7 Å². The Labute approximate surface area is 202 Å². The first-order valence-electron chi connectivity index (χ1n) is 13.1. The van der Waals surface area contributed by atoms with Crippen LogP contribution in [0.5, 0.6) is 0 Å². The molecule has 0 radical (unpaired) electrons. The highest BCUT2D eigenvalue weighted by atomic mass is 19.1. The summed E-state index contributed by atoms with van der Waals surface area (Å²) in [5.41, 5.74) is -2.55. The zero-order valence-corrected chi connectivity index (χ0v) is 20.5. The molecule has 8 atom stereocenters. The van der Waals surface area contributed by atoms with Gasteiger partial charge in [-0.25, -0.2) is 4.39 Å². The molecule has 5 fully saturated rings. The first-order chi connectivity index (χ1) is 16.2. The smallest absolute Gasteiger partial charge is 0.181 e. The van der Waals surface area contributed by atoms with E-state index in [9.17, 15) is 9.90 Å². The van der Waals surface area contributed by atoms with E-state index in [1.807, 2.05) is 25.2 Å². The van der Waals surface area contributed by atoms with Gasteiger partial charge in [-0.3, -0.25) is 9.69 Å². The molecule has 5 nitrogen and oxygen atoms in total. The number of rotatable bonds is 3. The topological polar surface area (TPSA) is 59.0 Å². The van der Waals surface area contributed by atoms with Crippen LogP contribution in [-0.2, 0) is 14.3 Å².